The van der Waals surface area contributed by atoms with Crippen LogP contribution in [0.2, 0.25) is 0 Å². The van der Waals surface area contributed by atoms with Crippen LogP contribution < -0.4 is 0 Å². The maximum absolute atomic E-state index is 13.0. The van der Waals surface area contributed by atoms with E-state index in [9.17, 15) is 13.2 Å². The van der Waals surface area contributed by atoms with Crippen LogP contribution in [0, 0.1) is 0 Å². The summed E-state index contributed by atoms with van der Waals surface area (Å²) in [4.78, 5) is 0. The summed E-state index contributed by atoms with van der Waals surface area (Å²) in [6.45, 7) is 1.55. The van der Waals surface area contributed by atoms with Crippen LogP contribution in [0.25, 0.3) is 0 Å². The molecule has 1 aliphatic carbocycles. The molecule has 2 heterocycles. The van der Waals surface area contributed by atoms with Crippen LogP contribution in [0.1, 0.15) is 42.4 Å². The highest BCUT2D eigenvalue weighted by Crippen LogP contribution is 2.51. The van der Waals surface area contributed by atoms with E-state index < -0.39 is 23.1 Å². The molecule has 3 aliphatic rings. The van der Waals surface area contributed by atoms with E-state index in [1.807, 2.05) is 0 Å². The molecule has 3 nitrogen and oxygen atoms in total. The first-order chi connectivity index (χ1) is 10.4. The van der Waals surface area contributed by atoms with Gasteiger partial charge in [0.05, 0.1) is 31.0 Å². The smallest absolute Gasteiger partial charge is 0.366 e. The number of ether oxygens (including phenoxy) is 3. The van der Waals surface area contributed by atoms with Gasteiger partial charge in [0.15, 0.2) is 5.79 Å². The molecule has 2 aliphatic heterocycles. The maximum Gasteiger partial charge on any atom is 0.416 e. The lowest BCUT2D eigenvalue weighted by atomic mass is 9.76. The summed E-state index contributed by atoms with van der Waals surface area (Å²) in [6.07, 6.45) is -1.76. The fraction of sp³-hybridized carbons (Fsp3) is 0.625. The van der Waals surface area contributed by atoms with Crippen LogP contribution in [-0.4, -0.2) is 19.0 Å². The molecule has 2 spiro atoms. The minimum atomic E-state index is -4.33. The molecule has 0 atom stereocenters. The molecule has 1 aromatic carbocycles. The van der Waals surface area contributed by atoms with Crippen molar-refractivity contribution < 1.29 is 27.4 Å². The fourth-order valence-electron chi connectivity index (χ4n) is 3.83. The lowest BCUT2D eigenvalue weighted by molar-refractivity contribution is -0.211. The molecular weight excluding hydrogens is 297 g/mol. The van der Waals surface area contributed by atoms with Crippen molar-refractivity contribution >= 4 is 0 Å². The van der Waals surface area contributed by atoms with Gasteiger partial charge >= 0.3 is 6.18 Å². The van der Waals surface area contributed by atoms with Gasteiger partial charge in [-0.1, -0.05) is 6.07 Å². The highest BCUT2D eigenvalue weighted by Gasteiger charge is 2.50. The van der Waals surface area contributed by atoms with Crippen LogP contribution in [0.3, 0.4) is 0 Å². The van der Waals surface area contributed by atoms with Gasteiger partial charge in [-0.05, 0) is 36.1 Å². The number of hydrogen-bond donors (Lipinski definition) is 0. The summed E-state index contributed by atoms with van der Waals surface area (Å²) >= 11 is 0. The highest BCUT2D eigenvalue weighted by molar-refractivity contribution is 5.40. The SMILES string of the molecule is FC(F)(F)c1ccc2c(c1)C1(CCC3(CC1)OCCO3)OC2. The van der Waals surface area contributed by atoms with Crippen molar-refractivity contribution in [3.05, 3.63) is 34.9 Å². The average Bonchev–Trinajstić information content (AvgIpc) is 3.08. The number of benzene rings is 1. The minimum absolute atomic E-state index is 0.377. The molecule has 1 saturated heterocycles. The van der Waals surface area contributed by atoms with Gasteiger partial charge in [-0.25, -0.2) is 0 Å². The summed E-state index contributed by atoms with van der Waals surface area (Å²) in [6, 6.07) is 3.94. The summed E-state index contributed by atoms with van der Waals surface area (Å²) in [5.74, 6) is -0.543. The van der Waals surface area contributed by atoms with E-state index >= 15 is 0 Å². The Bertz CT molecular complexity index is 581. The van der Waals surface area contributed by atoms with E-state index in [2.05, 4.69) is 0 Å². The maximum atomic E-state index is 13.0. The lowest BCUT2D eigenvalue weighted by Gasteiger charge is -2.41. The third-order valence-electron chi connectivity index (χ3n) is 5.07. The topological polar surface area (TPSA) is 27.7 Å². The zero-order valence-electron chi connectivity index (χ0n) is 12.0. The number of halogens is 3. The second-order valence-electron chi connectivity index (χ2n) is 6.26. The first-order valence-corrected chi connectivity index (χ1v) is 7.55. The van der Waals surface area contributed by atoms with Crippen LogP contribution in [0.5, 0.6) is 0 Å². The number of rotatable bonds is 0. The number of alkyl halides is 3. The molecule has 0 bridgehead atoms. The predicted molar refractivity (Wildman–Crippen MR) is 71.0 cm³/mol. The molecule has 2 fully saturated rings. The second-order valence-corrected chi connectivity index (χ2v) is 6.26. The van der Waals surface area contributed by atoms with E-state index in [-0.39, 0.29) is 0 Å². The van der Waals surface area contributed by atoms with Gasteiger partial charge in [0.25, 0.3) is 0 Å². The van der Waals surface area contributed by atoms with Gasteiger partial charge in [0.2, 0.25) is 0 Å². The summed E-state index contributed by atoms with van der Waals surface area (Å²) < 4.78 is 56.2. The van der Waals surface area contributed by atoms with E-state index in [1.165, 1.54) is 6.07 Å². The standard InChI is InChI=1S/C16H17F3O3/c17-16(18,19)12-2-1-11-10-22-14(13(11)9-12)3-5-15(6-4-14)20-7-8-21-15/h1-2,9H,3-8,10H2. The predicted octanol–water partition coefficient (Wildman–Crippen LogP) is 3.75. The number of fused-ring (bicyclic) bond motifs is 2. The van der Waals surface area contributed by atoms with Gasteiger partial charge < -0.3 is 14.2 Å². The summed E-state index contributed by atoms with van der Waals surface area (Å²) in [7, 11) is 0. The van der Waals surface area contributed by atoms with Gasteiger partial charge in [-0.2, -0.15) is 13.2 Å². The van der Waals surface area contributed by atoms with Crippen molar-refractivity contribution in [2.45, 2.75) is 49.9 Å². The van der Waals surface area contributed by atoms with E-state index in [4.69, 9.17) is 14.2 Å². The Hall–Kier alpha value is -1.11. The van der Waals surface area contributed by atoms with Gasteiger partial charge in [-0.15, -0.1) is 0 Å². The Labute approximate surface area is 126 Å². The molecular formula is C16H17F3O3. The zero-order chi connectivity index (χ0) is 15.4. The van der Waals surface area contributed by atoms with Crippen molar-refractivity contribution in [3.8, 4) is 0 Å². The largest absolute Gasteiger partial charge is 0.416 e. The fourth-order valence-corrected chi connectivity index (χ4v) is 3.83. The highest BCUT2D eigenvalue weighted by atomic mass is 19.4. The monoisotopic (exact) mass is 314 g/mol. The number of hydrogen-bond acceptors (Lipinski definition) is 3. The van der Waals surface area contributed by atoms with Crippen molar-refractivity contribution in [2.75, 3.05) is 13.2 Å². The van der Waals surface area contributed by atoms with Crippen molar-refractivity contribution in [1.82, 2.24) is 0 Å². The Morgan fingerprint density at radius 3 is 2.23 bits per heavy atom. The molecule has 0 amide bonds. The van der Waals surface area contributed by atoms with Gasteiger partial charge in [0, 0.05) is 12.8 Å². The van der Waals surface area contributed by atoms with Crippen molar-refractivity contribution in [1.29, 1.82) is 0 Å². The molecule has 0 radical (unpaired) electrons. The second kappa shape index (κ2) is 4.69. The Morgan fingerprint density at radius 1 is 0.909 bits per heavy atom. The average molecular weight is 314 g/mol. The molecule has 6 heteroatoms. The lowest BCUT2D eigenvalue weighted by Crippen LogP contribution is -2.42. The molecule has 120 valence electrons. The molecule has 1 aromatic rings. The normalized spacial score (nSPS) is 25.8. The van der Waals surface area contributed by atoms with E-state index in [1.54, 1.807) is 6.07 Å². The molecule has 22 heavy (non-hydrogen) atoms. The van der Waals surface area contributed by atoms with Crippen LogP contribution in [-0.2, 0) is 32.6 Å². The summed E-state index contributed by atoms with van der Waals surface area (Å²) in [5.41, 5.74) is 0.328. The molecule has 0 unspecified atom stereocenters. The summed E-state index contributed by atoms with van der Waals surface area (Å²) in [5, 5.41) is 0. The minimum Gasteiger partial charge on any atom is -0.366 e. The Morgan fingerprint density at radius 2 is 1.59 bits per heavy atom. The van der Waals surface area contributed by atoms with Crippen molar-refractivity contribution in [3.63, 3.8) is 0 Å². The van der Waals surface area contributed by atoms with Crippen LogP contribution in [0.15, 0.2) is 18.2 Å². The van der Waals surface area contributed by atoms with E-state index in [0.29, 0.717) is 51.1 Å². The molecule has 1 saturated carbocycles. The molecule has 0 aromatic heterocycles. The van der Waals surface area contributed by atoms with Crippen LogP contribution >= 0.6 is 0 Å². The molecule has 4 rings (SSSR count). The van der Waals surface area contributed by atoms with Gasteiger partial charge in [0.1, 0.15) is 0 Å². The van der Waals surface area contributed by atoms with Crippen LogP contribution in [0.4, 0.5) is 13.2 Å². The first kappa shape index (κ1) is 14.5. The zero-order valence-corrected chi connectivity index (χ0v) is 12.0. The van der Waals surface area contributed by atoms with Crippen molar-refractivity contribution in [2.24, 2.45) is 0 Å². The third kappa shape index (κ3) is 2.16. The van der Waals surface area contributed by atoms with Gasteiger partial charge in [-0.3, -0.25) is 0 Å². The Kier molecular flexibility index (Phi) is 3.09. The Balaban J connectivity index is 1.64. The quantitative estimate of drug-likeness (QED) is 0.730. The first-order valence-electron chi connectivity index (χ1n) is 7.55. The molecule has 0 N–H and O–H groups in total. The third-order valence-corrected chi connectivity index (χ3v) is 5.07. The van der Waals surface area contributed by atoms with E-state index in [0.717, 1.165) is 11.6 Å².